The lowest BCUT2D eigenvalue weighted by molar-refractivity contribution is 0.0701. The van der Waals surface area contributed by atoms with Gasteiger partial charge in [0.2, 0.25) is 0 Å². The molecule has 1 fully saturated rings. The van der Waals surface area contributed by atoms with Crippen molar-refractivity contribution in [2.24, 2.45) is 0 Å². The fourth-order valence-electron chi connectivity index (χ4n) is 3.00. The first-order chi connectivity index (χ1) is 10.1. The number of nitrogens with one attached hydrogen (secondary N) is 1. The molecular weight excluding hydrogens is 290 g/mol. The third-order valence-corrected chi connectivity index (χ3v) is 5.36. The lowest BCUT2D eigenvalue weighted by Gasteiger charge is -2.28. The highest BCUT2D eigenvalue weighted by Crippen LogP contribution is 2.37. The van der Waals surface area contributed by atoms with Crippen molar-refractivity contribution in [3.63, 3.8) is 0 Å². The summed E-state index contributed by atoms with van der Waals surface area (Å²) in [6.45, 7) is 1.82. The first-order valence-electron chi connectivity index (χ1n) is 6.93. The lowest BCUT2D eigenvalue weighted by atomic mass is 9.98. The van der Waals surface area contributed by atoms with Crippen molar-refractivity contribution in [2.45, 2.75) is 38.1 Å². The van der Waals surface area contributed by atoms with E-state index in [0.29, 0.717) is 16.2 Å². The number of aliphatic hydroxyl groups is 1. The second kappa shape index (κ2) is 5.23. The maximum Gasteiger partial charge on any atom is 0.346 e. The number of rotatable bonds is 4. The van der Waals surface area contributed by atoms with Gasteiger partial charge in [0, 0.05) is 0 Å². The topological polar surface area (TPSA) is 95.3 Å². The van der Waals surface area contributed by atoms with E-state index in [1.165, 1.54) is 6.33 Å². The van der Waals surface area contributed by atoms with Crippen LogP contribution in [0.2, 0.25) is 0 Å². The van der Waals surface area contributed by atoms with Crippen LogP contribution in [-0.4, -0.2) is 38.3 Å². The summed E-state index contributed by atoms with van der Waals surface area (Å²) < 4.78 is 0. The first kappa shape index (κ1) is 14.2. The van der Waals surface area contributed by atoms with E-state index in [4.69, 9.17) is 0 Å². The fourth-order valence-corrected chi connectivity index (χ4v) is 3.98. The molecular formula is C14H17N3O3S. The van der Waals surface area contributed by atoms with E-state index in [9.17, 15) is 15.0 Å². The molecule has 0 aliphatic heterocycles. The standard InChI is InChI=1S/C14H17N3O3S/c1-8-9-11(17-14(6-18)4-2-3-5-14)15-7-16-12(9)21-10(8)13(19)20/h7,18H,2-6H2,1H3,(H,19,20)(H,15,16,17). The first-order valence-corrected chi connectivity index (χ1v) is 7.74. The van der Waals surface area contributed by atoms with Crippen LogP contribution in [0.25, 0.3) is 10.2 Å². The molecule has 0 aromatic carbocycles. The fraction of sp³-hybridized carbons (Fsp3) is 0.500. The van der Waals surface area contributed by atoms with Gasteiger partial charge in [0.05, 0.1) is 17.5 Å². The van der Waals surface area contributed by atoms with Gasteiger partial charge < -0.3 is 15.5 Å². The van der Waals surface area contributed by atoms with E-state index < -0.39 is 5.97 Å². The molecule has 0 radical (unpaired) electrons. The van der Waals surface area contributed by atoms with E-state index in [2.05, 4.69) is 15.3 Å². The predicted molar refractivity (Wildman–Crippen MR) is 81.0 cm³/mol. The molecule has 0 spiro atoms. The second-order valence-electron chi connectivity index (χ2n) is 5.53. The van der Waals surface area contributed by atoms with Crippen molar-refractivity contribution < 1.29 is 15.0 Å². The number of hydrogen-bond acceptors (Lipinski definition) is 6. The molecule has 1 saturated carbocycles. The van der Waals surface area contributed by atoms with Crippen LogP contribution in [-0.2, 0) is 0 Å². The minimum Gasteiger partial charge on any atom is -0.477 e. The third-order valence-electron chi connectivity index (χ3n) is 4.17. The molecule has 1 aliphatic carbocycles. The maximum atomic E-state index is 11.3. The van der Waals surface area contributed by atoms with E-state index in [0.717, 1.165) is 42.4 Å². The summed E-state index contributed by atoms with van der Waals surface area (Å²) >= 11 is 1.16. The Morgan fingerprint density at radius 2 is 2.14 bits per heavy atom. The van der Waals surface area contributed by atoms with Crippen LogP contribution in [0.5, 0.6) is 0 Å². The van der Waals surface area contributed by atoms with Crippen molar-refractivity contribution in [3.8, 4) is 0 Å². The number of aliphatic hydroxyl groups excluding tert-OH is 1. The van der Waals surface area contributed by atoms with Gasteiger partial charge in [-0.2, -0.15) is 0 Å². The van der Waals surface area contributed by atoms with Crippen molar-refractivity contribution in [3.05, 3.63) is 16.8 Å². The summed E-state index contributed by atoms with van der Waals surface area (Å²) in [5, 5.41) is 23.1. The Bertz CT molecular complexity index is 692. The summed E-state index contributed by atoms with van der Waals surface area (Å²) in [5.41, 5.74) is 0.329. The molecule has 3 rings (SSSR count). The summed E-state index contributed by atoms with van der Waals surface area (Å²) in [7, 11) is 0. The zero-order valence-electron chi connectivity index (χ0n) is 11.7. The molecule has 0 saturated heterocycles. The highest BCUT2D eigenvalue weighted by molar-refractivity contribution is 7.20. The van der Waals surface area contributed by atoms with Crippen LogP contribution >= 0.6 is 11.3 Å². The Morgan fingerprint density at radius 1 is 1.43 bits per heavy atom. The maximum absolute atomic E-state index is 11.3. The number of nitrogens with zero attached hydrogens (tertiary/aromatic N) is 2. The number of hydrogen-bond donors (Lipinski definition) is 3. The largest absolute Gasteiger partial charge is 0.477 e. The second-order valence-corrected chi connectivity index (χ2v) is 6.53. The minimum atomic E-state index is -0.945. The van der Waals surface area contributed by atoms with Gasteiger partial charge in [0.25, 0.3) is 0 Å². The van der Waals surface area contributed by atoms with Crippen molar-refractivity contribution in [2.75, 3.05) is 11.9 Å². The molecule has 0 bridgehead atoms. The van der Waals surface area contributed by atoms with Gasteiger partial charge >= 0.3 is 5.97 Å². The van der Waals surface area contributed by atoms with Gasteiger partial charge in [-0.15, -0.1) is 11.3 Å². The molecule has 7 heteroatoms. The summed E-state index contributed by atoms with van der Waals surface area (Å²) in [5.74, 6) is -0.323. The normalized spacial score (nSPS) is 17.2. The van der Waals surface area contributed by atoms with Crippen LogP contribution in [0.3, 0.4) is 0 Å². The highest BCUT2D eigenvalue weighted by atomic mass is 32.1. The van der Waals surface area contributed by atoms with Gasteiger partial charge in [0.15, 0.2) is 0 Å². The average molecular weight is 307 g/mol. The van der Waals surface area contributed by atoms with E-state index >= 15 is 0 Å². The van der Waals surface area contributed by atoms with Crippen LogP contribution in [0.1, 0.15) is 40.9 Å². The lowest BCUT2D eigenvalue weighted by Crippen LogP contribution is -2.39. The number of aromatic carboxylic acids is 1. The predicted octanol–water partition coefficient (Wildman–Crippen LogP) is 2.41. The molecule has 6 nitrogen and oxygen atoms in total. The Labute approximate surface area is 125 Å². The minimum absolute atomic E-state index is 0.0491. The van der Waals surface area contributed by atoms with Gasteiger partial charge in [-0.25, -0.2) is 14.8 Å². The van der Waals surface area contributed by atoms with Gasteiger partial charge in [0.1, 0.15) is 21.9 Å². The number of carboxylic acids is 1. The molecule has 1 aliphatic rings. The number of thiophene rings is 1. The quantitative estimate of drug-likeness (QED) is 0.803. The van der Waals surface area contributed by atoms with E-state index in [1.807, 2.05) is 0 Å². The molecule has 112 valence electrons. The van der Waals surface area contributed by atoms with Crippen LogP contribution in [0.4, 0.5) is 5.82 Å². The Balaban J connectivity index is 2.08. The number of carboxylic acid groups (broad SMARTS) is 1. The molecule has 2 aromatic rings. The van der Waals surface area contributed by atoms with E-state index in [1.54, 1.807) is 6.92 Å². The Hall–Kier alpha value is -1.73. The number of fused-ring (bicyclic) bond motifs is 1. The summed E-state index contributed by atoms with van der Waals surface area (Å²) in [4.78, 5) is 20.7. The van der Waals surface area contributed by atoms with E-state index in [-0.39, 0.29) is 17.0 Å². The average Bonchev–Trinajstić information content (AvgIpc) is 3.05. The molecule has 0 amide bonds. The molecule has 0 unspecified atom stereocenters. The smallest absolute Gasteiger partial charge is 0.346 e. The van der Waals surface area contributed by atoms with Crippen molar-refractivity contribution in [1.29, 1.82) is 0 Å². The zero-order chi connectivity index (χ0) is 15.0. The number of anilines is 1. The summed E-state index contributed by atoms with van der Waals surface area (Å²) in [6, 6.07) is 0. The van der Waals surface area contributed by atoms with Gasteiger partial charge in [-0.05, 0) is 25.3 Å². The number of aryl methyl sites for hydroxylation is 1. The third kappa shape index (κ3) is 2.36. The van der Waals surface area contributed by atoms with Crippen molar-refractivity contribution in [1.82, 2.24) is 9.97 Å². The molecule has 21 heavy (non-hydrogen) atoms. The molecule has 0 atom stereocenters. The number of aromatic nitrogens is 2. The molecule has 2 aromatic heterocycles. The SMILES string of the molecule is Cc1c(C(=O)O)sc2ncnc(NC3(CO)CCCC3)c12. The monoisotopic (exact) mass is 307 g/mol. The highest BCUT2D eigenvalue weighted by Gasteiger charge is 2.34. The Morgan fingerprint density at radius 3 is 2.76 bits per heavy atom. The Kier molecular flexibility index (Phi) is 3.54. The van der Waals surface area contributed by atoms with Gasteiger partial charge in [-0.3, -0.25) is 0 Å². The molecule has 3 N–H and O–H groups in total. The number of carbonyl (C=O) groups is 1. The van der Waals surface area contributed by atoms with Gasteiger partial charge in [-0.1, -0.05) is 12.8 Å². The summed E-state index contributed by atoms with van der Waals surface area (Å²) in [6.07, 6.45) is 5.37. The van der Waals surface area contributed by atoms with Crippen LogP contribution in [0, 0.1) is 6.92 Å². The van der Waals surface area contributed by atoms with Crippen LogP contribution < -0.4 is 5.32 Å². The zero-order valence-corrected chi connectivity index (χ0v) is 12.5. The van der Waals surface area contributed by atoms with Crippen molar-refractivity contribution >= 4 is 33.3 Å². The van der Waals surface area contributed by atoms with Crippen LogP contribution in [0.15, 0.2) is 6.33 Å². The molecule has 2 heterocycles.